The molecule has 0 bridgehead atoms. The number of nitrogens with two attached hydrogens (primary N) is 3. The molecule has 0 aliphatic heterocycles. The van der Waals surface area contributed by atoms with Crippen LogP contribution >= 0.6 is 23.2 Å². The molecule has 0 aliphatic carbocycles. The maximum absolute atomic E-state index is 11.2. The highest BCUT2D eigenvalue weighted by Crippen LogP contribution is 2.36. The average Bonchev–Trinajstić information content (AvgIpc) is 1.94. The normalized spacial score (nSPS) is 12.7. The molecule has 0 fully saturated rings. The molecule has 0 aromatic heterocycles. The summed E-state index contributed by atoms with van der Waals surface area (Å²) in [4.78, 5) is -1.46. The molecule has 0 saturated carbocycles. The van der Waals surface area contributed by atoms with E-state index in [2.05, 4.69) is 0 Å². The third-order valence-corrected chi connectivity index (χ3v) is 4.58. The molecule has 0 aliphatic rings. The minimum absolute atomic E-state index is 0.387. The van der Waals surface area contributed by atoms with Gasteiger partial charge in [-0.25, -0.2) is 27.1 Å². The molecule has 7 nitrogen and oxygen atoms in total. The zero-order valence-corrected chi connectivity index (χ0v) is 11.2. The van der Waals surface area contributed by atoms with Gasteiger partial charge < -0.3 is 5.73 Å². The van der Waals surface area contributed by atoms with Crippen LogP contribution in [0.15, 0.2) is 15.9 Å². The number of sulfonamides is 2. The van der Waals surface area contributed by atoms with Crippen LogP contribution in [0, 0.1) is 0 Å². The van der Waals surface area contributed by atoms with Crippen LogP contribution < -0.4 is 16.0 Å². The van der Waals surface area contributed by atoms with Crippen molar-refractivity contribution in [3.8, 4) is 0 Å². The van der Waals surface area contributed by atoms with Crippen LogP contribution in [-0.4, -0.2) is 16.8 Å². The van der Waals surface area contributed by atoms with Gasteiger partial charge >= 0.3 is 0 Å². The molecule has 6 N–H and O–H groups in total. The van der Waals surface area contributed by atoms with Gasteiger partial charge in [-0.3, -0.25) is 0 Å². The van der Waals surface area contributed by atoms with Crippen LogP contribution in [0.3, 0.4) is 0 Å². The van der Waals surface area contributed by atoms with Gasteiger partial charge in [0.25, 0.3) is 0 Å². The van der Waals surface area contributed by atoms with E-state index in [0.717, 1.165) is 6.07 Å². The lowest BCUT2D eigenvalue weighted by molar-refractivity contribution is 0.597. The lowest BCUT2D eigenvalue weighted by atomic mass is 10.3. The zero-order chi connectivity index (χ0) is 13.6. The Kier molecular flexibility index (Phi) is 3.63. The van der Waals surface area contributed by atoms with Gasteiger partial charge in [0.1, 0.15) is 9.79 Å². The third kappa shape index (κ3) is 2.81. The molecule has 1 aromatic rings. The second kappa shape index (κ2) is 4.26. The first-order valence-corrected chi connectivity index (χ1v) is 7.64. The number of halogens is 2. The summed E-state index contributed by atoms with van der Waals surface area (Å²) >= 11 is 11.2. The van der Waals surface area contributed by atoms with Crippen molar-refractivity contribution in [2.75, 3.05) is 5.73 Å². The van der Waals surface area contributed by atoms with Gasteiger partial charge in [0.05, 0.1) is 15.7 Å². The van der Waals surface area contributed by atoms with Crippen molar-refractivity contribution < 1.29 is 16.8 Å². The highest BCUT2D eigenvalue weighted by atomic mass is 35.5. The lowest BCUT2D eigenvalue weighted by Crippen LogP contribution is -2.20. The summed E-state index contributed by atoms with van der Waals surface area (Å²) in [7, 11) is -8.60. The second-order valence-corrected chi connectivity index (χ2v) is 6.81. The minimum atomic E-state index is -4.30. The Bertz CT molecular complexity index is 627. The molecule has 0 saturated heterocycles. The van der Waals surface area contributed by atoms with Gasteiger partial charge in [-0.1, -0.05) is 23.2 Å². The van der Waals surface area contributed by atoms with Gasteiger partial charge in [-0.05, 0) is 6.07 Å². The Morgan fingerprint density at radius 2 is 1.18 bits per heavy atom. The zero-order valence-electron chi connectivity index (χ0n) is 8.01. The molecule has 0 amide bonds. The van der Waals surface area contributed by atoms with Gasteiger partial charge in [-0.2, -0.15) is 0 Å². The van der Waals surface area contributed by atoms with E-state index in [1.165, 1.54) is 0 Å². The molecule has 0 heterocycles. The number of anilines is 1. The van der Waals surface area contributed by atoms with E-state index >= 15 is 0 Å². The standard InChI is InChI=1S/C6H7Cl2N3O4S2/c7-2-1-3(8)6(17(11,14)15)4(9)5(2)16(10,12)13/h1H,9H2,(H2,10,12,13)(H2,11,14,15). The lowest BCUT2D eigenvalue weighted by Gasteiger charge is -2.11. The van der Waals surface area contributed by atoms with Crippen molar-refractivity contribution in [1.29, 1.82) is 0 Å². The van der Waals surface area contributed by atoms with E-state index in [4.69, 9.17) is 39.2 Å². The molecule has 0 spiro atoms. The second-order valence-electron chi connectivity index (χ2n) is 3.00. The maximum Gasteiger partial charge on any atom is 0.241 e. The van der Waals surface area contributed by atoms with Crippen molar-refractivity contribution in [3.05, 3.63) is 16.1 Å². The summed E-state index contributed by atoms with van der Waals surface area (Å²) in [5.41, 5.74) is 4.67. The number of hydrogen-bond acceptors (Lipinski definition) is 5. The summed E-state index contributed by atoms with van der Waals surface area (Å²) < 4.78 is 44.8. The monoisotopic (exact) mass is 319 g/mol. The van der Waals surface area contributed by atoms with E-state index in [1.54, 1.807) is 0 Å². The van der Waals surface area contributed by atoms with Crippen molar-refractivity contribution >= 4 is 48.9 Å². The number of primary sulfonamides is 2. The fourth-order valence-corrected chi connectivity index (χ4v) is 3.85. The average molecular weight is 320 g/mol. The first-order chi connectivity index (χ1) is 7.46. The van der Waals surface area contributed by atoms with Crippen LogP contribution in [0.4, 0.5) is 5.69 Å². The fourth-order valence-electron chi connectivity index (χ4n) is 1.18. The largest absolute Gasteiger partial charge is 0.396 e. The number of hydrogen-bond donors (Lipinski definition) is 3. The molecular weight excluding hydrogens is 313 g/mol. The molecule has 0 unspecified atom stereocenters. The Morgan fingerprint density at radius 1 is 0.882 bits per heavy atom. The van der Waals surface area contributed by atoms with Crippen LogP contribution in [-0.2, 0) is 20.0 Å². The Balaban J connectivity index is 3.93. The Hall–Kier alpha value is -0.580. The topological polar surface area (TPSA) is 146 Å². The molecule has 0 atom stereocenters. The van der Waals surface area contributed by atoms with Crippen molar-refractivity contribution in [2.24, 2.45) is 10.3 Å². The third-order valence-electron chi connectivity index (χ3n) is 1.75. The number of nitrogen functional groups attached to an aromatic ring is 1. The van der Waals surface area contributed by atoms with Gasteiger partial charge in [0.2, 0.25) is 20.0 Å². The van der Waals surface area contributed by atoms with Crippen LogP contribution in [0.1, 0.15) is 0 Å². The smallest absolute Gasteiger partial charge is 0.241 e. The summed E-state index contributed by atoms with van der Waals surface area (Å²) in [6.45, 7) is 0. The summed E-state index contributed by atoms with van der Waals surface area (Å²) in [5, 5.41) is 8.93. The molecular formula is C6H7Cl2N3O4S2. The Morgan fingerprint density at radius 3 is 1.41 bits per heavy atom. The summed E-state index contributed by atoms with van der Waals surface area (Å²) in [6.07, 6.45) is 0. The summed E-state index contributed by atoms with van der Waals surface area (Å²) in [5.74, 6) is 0. The van der Waals surface area contributed by atoms with Crippen molar-refractivity contribution in [2.45, 2.75) is 9.79 Å². The van der Waals surface area contributed by atoms with E-state index in [0.29, 0.717) is 0 Å². The fraction of sp³-hybridized carbons (Fsp3) is 0. The van der Waals surface area contributed by atoms with E-state index in [-0.39, 0.29) is 10.0 Å². The van der Waals surface area contributed by atoms with Gasteiger partial charge in [-0.15, -0.1) is 0 Å². The van der Waals surface area contributed by atoms with Gasteiger partial charge in [0, 0.05) is 0 Å². The molecule has 11 heteroatoms. The number of benzene rings is 1. The first kappa shape index (κ1) is 14.5. The SMILES string of the molecule is Nc1c(S(N)(=O)=O)c(Cl)cc(Cl)c1S(N)(=O)=O. The van der Waals surface area contributed by atoms with Crippen LogP contribution in [0.5, 0.6) is 0 Å². The highest BCUT2D eigenvalue weighted by Gasteiger charge is 2.27. The van der Waals surface area contributed by atoms with E-state index in [1.807, 2.05) is 0 Å². The Labute approximate surface area is 108 Å². The predicted octanol–water partition coefficient (Wildman–Crippen LogP) is -0.130. The highest BCUT2D eigenvalue weighted by molar-refractivity contribution is 7.90. The first-order valence-electron chi connectivity index (χ1n) is 3.79. The van der Waals surface area contributed by atoms with Crippen LogP contribution in [0.2, 0.25) is 10.0 Å². The predicted molar refractivity (Wildman–Crippen MR) is 63.6 cm³/mol. The summed E-state index contributed by atoms with van der Waals surface area (Å²) in [6, 6.07) is 0.888. The van der Waals surface area contributed by atoms with E-state index in [9.17, 15) is 16.8 Å². The molecule has 1 aromatic carbocycles. The number of rotatable bonds is 2. The van der Waals surface area contributed by atoms with Crippen molar-refractivity contribution in [3.63, 3.8) is 0 Å². The molecule has 1 rings (SSSR count). The molecule has 96 valence electrons. The maximum atomic E-state index is 11.2. The van der Waals surface area contributed by atoms with Gasteiger partial charge in [0.15, 0.2) is 0 Å². The van der Waals surface area contributed by atoms with Crippen molar-refractivity contribution in [1.82, 2.24) is 0 Å². The molecule has 17 heavy (non-hydrogen) atoms. The minimum Gasteiger partial charge on any atom is -0.396 e. The molecule has 0 radical (unpaired) electrons. The van der Waals surface area contributed by atoms with E-state index < -0.39 is 35.5 Å². The van der Waals surface area contributed by atoms with Crippen LogP contribution in [0.25, 0.3) is 0 Å². The quantitative estimate of drug-likeness (QED) is 0.650.